The summed E-state index contributed by atoms with van der Waals surface area (Å²) in [7, 11) is 1.53. The number of nitro groups is 1. The SMILES string of the molecule is COC1=CC([N+](=O)[O-])=CCC=C1N1CCOCC1. The molecule has 98 valence electrons. The molecule has 6 heteroatoms. The molecule has 0 amide bonds. The maximum Gasteiger partial charge on any atom is 0.269 e. The number of hydrogen-bond acceptors (Lipinski definition) is 5. The summed E-state index contributed by atoms with van der Waals surface area (Å²) in [6, 6.07) is 0. The lowest BCUT2D eigenvalue weighted by molar-refractivity contribution is -0.419. The number of morpholine rings is 1. The molecule has 0 bridgehead atoms. The van der Waals surface area contributed by atoms with Crippen molar-refractivity contribution in [3.63, 3.8) is 0 Å². The Balaban J connectivity index is 2.23. The molecule has 0 N–H and O–H groups in total. The highest BCUT2D eigenvalue weighted by Crippen LogP contribution is 2.23. The molecule has 0 aromatic rings. The van der Waals surface area contributed by atoms with Gasteiger partial charge in [0.05, 0.1) is 37.0 Å². The lowest BCUT2D eigenvalue weighted by atomic mass is 10.2. The van der Waals surface area contributed by atoms with Gasteiger partial charge in [-0.2, -0.15) is 0 Å². The zero-order valence-electron chi connectivity index (χ0n) is 10.3. The molecule has 2 rings (SSSR count). The molecule has 0 atom stereocenters. The van der Waals surface area contributed by atoms with Crippen molar-refractivity contribution in [1.82, 2.24) is 4.90 Å². The number of hydrogen-bond donors (Lipinski definition) is 0. The Morgan fingerprint density at radius 2 is 2.11 bits per heavy atom. The summed E-state index contributed by atoms with van der Waals surface area (Å²) in [6.45, 7) is 2.90. The third kappa shape index (κ3) is 2.70. The summed E-state index contributed by atoms with van der Waals surface area (Å²) in [5.74, 6) is 0.539. The van der Waals surface area contributed by atoms with E-state index in [4.69, 9.17) is 9.47 Å². The topological polar surface area (TPSA) is 64.8 Å². The molecule has 0 spiro atoms. The molecule has 1 fully saturated rings. The van der Waals surface area contributed by atoms with Crippen molar-refractivity contribution >= 4 is 0 Å². The van der Waals surface area contributed by atoms with Crippen LogP contribution in [0.5, 0.6) is 0 Å². The van der Waals surface area contributed by atoms with Crippen molar-refractivity contribution in [2.24, 2.45) is 0 Å². The van der Waals surface area contributed by atoms with Crippen molar-refractivity contribution in [3.05, 3.63) is 45.5 Å². The van der Waals surface area contributed by atoms with Crippen LogP contribution in [0.25, 0.3) is 0 Å². The monoisotopic (exact) mass is 252 g/mol. The highest BCUT2D eigenvalue weighted by Gasteiger charge is 2.21. The summed E-state index contributed by atoms with van der Waals surface area (Å²) in [4.78, 5) is 12.6. The standard InChI is InChI=1S/C12H16N2O4/c1-17-12-9-10(14(15)16)3-2-4-11(12)13-5-7-18-8-6-13/h3-4,9H,2,5-8H2,1H3. The second-order valence-electron chi connectivity index (χ2n) is 4.02. The minimum absolute atomic E-state index is 0.0753. The van der Waals surface area contributed by atoms with E-state index in [1.54, 1.807) is 6.08 Å². The van der Waals surface area contributed by atoms with Gasteiger partial charge in [-0.05, 0) is 12.5 Å². The molecule has 0 aromatic heterocycles. The Hall–Kier alpha value is -1.82. The molecule has 0 unspecified atom stereocenters. The fourth-order valence-electron chi connectivity index (χ4n) is 2.04. The highest BCUT2D eigenvalue weighted by atomic mass is 16.6. The summed E-state index contributed by atoms with van der Waals surface area (Å²) in [6.07, 6.45) is 5.56. The van der Waals surface area contributed by atoms with Crippen LogP contribution in [0.1, 0.15) is 6.42 Å². The Morgan fingerprint density at radius 3 is 2.72 bits per heavy atom. The van der Waals surface area contributed by atoms with Crippen LogP contribution in [0.4, 0.5) is 0 Å². The molecule has 1 heterocycles. The fourth-order valence-corrected chi connectivity index (χ4v) is 2.04. The summed E-state index contributed by atoms with van der Waals surface area (Å²) < 4.78 is 10.6. The average Bonchev–Trinajstić information content (AvgIpc) is 2.62. The van der Waals surface area contributed by atoms with Crippen LogP contribution >= 0.6 is 0 Å². The van der Waals surface area contributed by atoms with Gasteiger partial charge in [0, 0.05) is 13.1 Å². The van der Waals surface area contributed by atoms with Crippen LogP contribution in [0.3, 0.4) is 0 Å². The van der Waals surface area contributed by atoms with Crippen molar-refractivity contribution in [3.8, 4) is 0 Å². The number of methoxy groups -OCH3 is 1. The molecule has 1 saturated heterocycles. The van der Waals surface area contributed by atoms with Crippen LogP contribution in [-0.2, 0) is 9.47 Å². The molecule has 0 aromatic carbocycles. The second kappa shape index (κ2) is 5.68. The Kier molecular flexibility index (Phi) is 3.99. The predicted octanol–water partition coefficient (Wildman–Crippen LogP) is 1.30. The lowest BCUT2D eigenvalue weighted by Crippen LogP contribution is -2.36. The molecule has 0 radical (unpaired) electrons. The molecule has 2 aliphatic rings. The van der Waals surface area contributed by atoms with Gasteiger partial charge in [0.15, 0.2) is 0 Å². The third-order valence-corrected chi connectivity index (χ3v) is 2.95. The largest absolute Gasteiger partial charge is 0.494 e. The van der Waals surface area contributed by atoms with Gasteiger partial charge in [0.1, 0.15) is 5.76 Å². The van der Waals surface area contributed by atoms with Gasteiger partial charge in [-0.15, -0.1) is 0 Å². The zero-order chi connectivity index (χ0) is 13.0. The average molecular weight is 252 g/mol. The maximum absolute atomic E-state index is 10.8. The second-order valence-corrected chi connectivity index (χ2v) is 4.02. The van der Waals surface area contributed by atoms with E-state index in [1.807, 2.05) is 6.08 Å². The maximum atomic E-state index is 10.8. The first-order valence-corrected chi connectivity index (χ1v) is 5.86. The zero-order valence-corrected chi connectivity index (χ0v) is 10.3. The highest BCUT2D eigenvalue weighted by molar-refractivity contribution is 5.34. The van der Waals surface area contributed by atoms with Gasteiger partial charge in [0.25, 0.3) is 5.70 Å². The van der Waals surface area contributed by atoms with Crippen molar-refractivity contribution in [2.75, 3.05) is 33.4 Å². The van der Waals surface area contributed by atoms with E-state index in [0.717, 1.165) is 18.8 Å². The molecular formula is C12H16N2O4. The van der Waals surface area contributed by atoms with Crippen molar-refractivity contribution in [2.45, 2.75) is 6.42 Å². The van der Waals surface area contributed by atoms with E-state index in [2.05, 4.69) is 4.90 Å². The minimum Gasteiger partial charge on any atom is -0.494 e. The normalized spacial score (nSPS) is 20.5. The molecular weight excluding hydrogens is 236 g/mol. The first-order valence-electron chi connectivity index (χ1n) is 5.86. The first-order chi connectivity index (χ1) is 8.72. The third-order valence-electron chi connectivity index (χ3n) is 2.95. The van der Waals surface area contributed by atoms with Gasteiger partial charge in [-0.1, -0.05) is 6.08 Å². The van der Waals surface area contributed by atoms with E-state index >= 15 is 0 Å². The molecule has 6 nitrogen and oxygen atoms in total. The van der Waals surface area contributed by atoms with Crippen LogP contribution < -0.4 is 0 Å². The Labute approximate surface area is 105 Å². The summed E-state index contributed by atoms with van der Waals surface area (Å²) >= 11 is 0. The van der Waals surface area contributed by atoms with E-state index in [-0.39, 0.29) is 5.70 Å². The Bertz CT molecular complexity index is 420. The Morgan fingerprint density at radius 1 is 1.39 bits per heavy atom. The van der Waals surface area contributed by atoms with E-state index < -0.39 is 4.92 Å². The van der Waals surface area contributed by atoms with E-state index in [1.165, 1.54) is 13.2 Å². The van der Waals surface area contributed by atoms with Gasteiger partial charge in [-0.25, -0.2) is 0 Å². The van der Waals surface area contributed by atoms with Gasteiger partial charge < -0.3 is 14.4 Å². The molecule has 0 saturated carbocycles. The smallest absolute Gasteiger partial charge is 0.269 e. The van der Waals surface area contributed by atoms with Crippen molar-refractivity contribution in [1.29, 1.82) is 0 Å². The van der Waals surface area contributed by atoms with Gasteiger partial charge >= 0.3 is 0 Å². The van der Waals surface area contributed by atoms with Crippen molar-refractivity contribution < 1.29 is 14.4 Å². The predicted molar refractivity (Wildman–Crippen MR) is 65.3 cm³/mol. The molecule has 1 aliphatic carbocycles. The quantitative estimate of drug-likeness (QED) is 0.559. The summed E-state index contributed by atoms with van der Waals surface area (Å²) in [5.41, 5.74) is 0.986. The van der Waals surface area contributed by atoms with E-state index in [9.17, 15) is 10.1 Å². The first kappa shape index (κ1) is 12.6. The van der Waals surface area contributed by atoms with Gasteiger partial charge in [-0.3, -0.25) is 10.1 Å². The fraction of sp³-hybridized carbons (Fsp3) is 0.500. The van der Waals surface area contributed by atoms with Crippen LogP contribution in [0.15, 0.2) is 35.4 Å². The summed E-state index contributed by atoms with van der Waals surface area (Å²) in [5, 5.41) is 10.8. The molecule has 18 heavy (non-hydrogen) atoms. The van der Waals surface area contributed by atoms with Crippen LogP contribution in [0, 0.1) is 10.1 Å². The number of rotatable bonds is 3. The minimum atomic E-state index is -0.394. The number of nitrogens with zero attached hydrogens (tertiary/aromatic N) is 2. The van der Waals surface area contributed by atoms with Crippen LogP contribution in [0.2, 0.25) is 0 Å². The van der Waals surface area contributed by atoms with Crippen LogP contribution in [-0.4, -0.2) is 43.2 Å². The molecule has 1 aliphatic heterocycles. The number of allylic oxidation sites excluding steroid dienone is 3. The lowest BCUT2D eigenvalue weighted by Gasteiger charge is -2.31. The number of ether oxygens (including phenoxy) is 2. The van der Waals surface area contributed by atoms with E-state index in [0.29, 0.717) is 25.4 Å². The van der Waals surface area contributed by atoms with Gasteiger partial charge in [0.2, 0.25) is 0 Å².